The van der Waals surface area contributed by atoms with Crippen molar-refractivity contribution in [3.63, 3.8) is 0 Å². The second-order valence-electron chi connectivity index (χ2n) is 5.85. The van der Waals surface area contributed by atoms with Crippen LogP contribution < -0.4 is 10.1 Å². The van der Waals surface area contributed by atoms with E-state index in [2.05, 4.69) is 10.3 Å². The zero-order valence-electron chi connectivity index (χ0n) is 14.6. The first-order chi connectivity index (χ1) is 12.6. The number of hydrogen-bond donors (Lipinski definition) is 1. The lowest BCUT2D eigenvalue weighted by atomic mass is 10.2. The third-order valence-corrected chi connectivity index (χ3v) is 4.53. The Hall–Kier alpha value is -2.73. The molecule has 134 valence electrons. The van der Waals surface area contributed by atoms with Gasteiger partial charge in [-0.15, -0.1) is 11.3 Å². The topological polar surface area (TPSA) is 51.2 Å². The van der Waals surface area contributed by atoms with E-state index in [0.29, 0.717) is 28.6 Å². The third-order valence-electron chi connectivity index (χ3n) is 3.66. The van der Waals surface area contributed by atoms with Gasteiger partial charge in [-0.2, -0.15) is 0 Å². The highest BCUT2D eigenvalue weighted by atomic mass is 32.1. The van der Waals surface area contributed by atoms with Crippen molar-refractivity contribution in [1.82, 2.24) is 4.98 Å². The van der Waals surface area contributed by atoms with Gasteiger partial charge in [0, 0.05) is 22.7 Å². The summed E-state index contributed by atoms with van der Waals surface area (Å²) in [7, 11) is 0. The molecule has 0 unspecified atom stereocenters. The maximum atomic E-state index is 14.4. The van der Waals surface area contributed by atoms with Crippen LogP contribution in [0.3, 0.4) is 0 Å². The summed E-state index contributed by atoms with van der Waals surface area (Å²) in [6.07, 6.45) is 0.856. The summed E-state index contributed by atoms with van der Waals surface area (Å²) in [6, 6.07) is 12.2. The summed E-state index contributed by atoms with van der Waals surface area (Å²) < 4.78 is 19.8. The van der Waals surface area contributed by atoms with E-state index in [-0.39, 0.29) is 11.6 Å². The number of aryl methyl sites for hydroxylation is 1. The molecule has 4 nitrogen and oxygen atoms in total. The van der Waals surface area contributed by atoms with E-state index < -0.39 is 5.82 Å². The first-order valence-corrected chi connectivity index (χ1v) is 9.21. The van der Waals surface area contributed by atoms with E-state index in [0.717, 1.165) is 12.0 Å². The molecule has 6 heteroatoms. The van der Waals surface area contributed by atoms with Crippen LogP contribution >= 0.6 is 11.3 Å². The van der Waals surface area contributed by atoms with E-state index in [1.54, 1.807) is 17.5 Å². The Morgan fingerprint density at radius 2 is 2.12 bits per heavy atom. The van der Waals surface area contributed by atoms with Gasteiger partial charge >= 0.3 is 0 Å². The number of hydrogen-bond acceptors (Lipinski definition) is 4. The Bertz CT molecular complexity index is 924. The van der Waals surface area contributed by atoms with Gasteiger partial charge in [-0.1, -0.05) is 19.1 Å². The monoisotopic (exact) mass is 370 g/mol. The Balaban J connectivity index is 1.76. The summed E-state index contributed by atoms with van der Waals surface area (Å²) in [4.78, 5) is 16.6. The minimum absolute atomic E-state index is 0.261. The number of nitrogens with one attached hydrogen (secondary N) is 1. The number of aromatic nitrogens is 1. The van der Waals surface area contributed by atoms with Crippen LogP contribution in [0, 0.1) is 12.7 Å². The molecule has 0 spiro atoms. The van der Waals surface area contributed by atoms with Gasteiger partial charge in [0.1, 0.15) is 22.3 Å². The molecule has 1 N–H and O–H groups in total. The highest BCUT2D eigenvalue weighted by Crippen LogP contribution is 2.29. The number of anilines is 1. The van der Waals surface area contributed by atoms with Crippen LogP contribution in [0.4, 0.5) is 10.1 Å². The van der Waals surface area contributed by atoms with Crippen molar-refractivity contribution < 1.29 is 13.9 Å². The average Bonchev–Trinajstić information content (AvgIpc) is 3.10. The number of thiazole rings is 1. The van der Waals surface area contributed by atoms with Gasteiger partial charge in [0.25, 0.3) is 5.91 Å². The predicted octanol–water partition coefficient (Wildman–Crippen LogP) is 5.30. The van der Waals surface area contributed by atoms with E-state index in [9.17, 15) is 9.18 Å². The molecule has 2 aromatic carbocycles. The number of ether oxygens (including phenoxy) is 1. The van der Waals surface area contributed by atoms with Gasteiger partial charge in [-0.3, -0.25) is 4.79 Å². The number of carbonyl (C=O) groups excluding carboxylic acids is 1. The number of nitrogens with zero attached hydrogens (tertiary/aromatic N) is 1. The molecule has 0 aliphatic rings. The van der Waals surface area contributed by atoms with Gasteiger partial charge in [0.2, 0.25) is 0 Å². The molecule has 0 aliphatic heterocycles. The van der Waals surface area contributed by atoms with Crippen molar-refractivity contribution in [3.05, 3.63) is 64.9 Å². The lowest BCUT2D eigenvalue weighted by Gasteiger charge is -2.06. The van der Waals surface area contributed by atoms with Crippen LogP contribution in [0.5, 0.6) is 5.75 Å². The first kappa shape index (κ1) is 18.1. The van der Waals surface area contributed by atoms with Crippen LogP contribution in [0.2, 0.25) is 0 Å². The summed E-state index contributed by atoms with van der Waals surface area (Å²) in [5.74, 6) is -0.248. The number of benzene rings is 2. The molecular formula is C20H19FN2O2S. The molecule has 1 amide bonds. The van der Waals surface area contributed by atoms with Crippen LogP contribution in [0.1, 0.15) is 29.4 Å². The fraction of sp³-hybridized carbons (Fsp3) is 0.200. The molecule has 0 bridgehead atoms. The summed E-state index contributed by atoms with van der Waals surface area (Å²) in [6.45, 7) is 4.48. The highest BCUT2D eigenvalue weighted by Gasteiger charge is 2.15. The second kappa shape index (κ2) is 8.10. The molecule has 1 aromatic heterocycles. The van der Waals surface area contributed by atoms with Gasteiger partial charge in [0.05, 0.1) is 6.61 Å². The van der Waals surface area contributed by atoms with Gasteiger partial charge in [0.15, 0.2) is 0 Å². The molecule has 26 heavy (non-hydrogen) atoms. The minimum Gasteiger partial charge on any atom is -0.494 e. The smallest absolute Gasteiger partial charge is 0.275 e. The molecule has 0 saturated heterocycles. The van der Waals surface area contributed by atoms with Gasteiger partial charge in [-0.05, 0) is 43.2 Å². The quantitative estimate of drug-likeness (QED) is 0.641. The molecule has 0 saturated carbocycles. The van der Waals surface area contributed by atoms with E-state index in [4.69, 9.17) is 4.74 Å². The maximum absolute atomic E-state index is 14.4. The molecule has 3 aromatic rings. The molecular weight excluding hydrogens is 351 g/mol. The van der Waals surface area contributed by atoms with Crippen LogP contribution in [0.15, 0.2) is 47.8 Å². The first-order valence-electron chi connectivity index (χ1n) is 8.33. The fourth-order valence-corrected chi connectivity index (χ4v) is 3.23. The lowest BCUT2D eigenvalue weighted by molar-refractivity contribution is 0.102. The maximum Gasteiger partial charge on any atom is 0.275 e. The van der Waals surface area contributed by atoms with Gasteiger partial charge < -0.3 is 10.1 Å². The van der Waals surface area contributed by atoms with Crippen LogP contribution in [-0.2, 0) is 0 Å². The second-order valence-corrected chi connectivity index (χ2v) is 6.71. The predicted molar refractivity (Wildman–Crippen MR) is 102 cm³/mol. The molecule has 0 radical (unpaired) electrons. The van der Waals surface area contributed by atoms with Crippen LogP contribution in [0.25, 0.3) is 10.6 Å². The Morgan fingerprint density at radius 3 is 2.85 bits per heavy atom. The number of amides is 1. The number of carbonyl (C=O) groups is 1. The molecule has 0 atom stereocenters. The van der Waals surface area contributed by atoms with E-state index in [1.807, 2.05) is 38.1 Å². The minimum atomic E-state index is -0.418. The molecule has 0 fully saturated rings. The van der Waals surface area contributed by atoms with E-state index in [1.165, 1.54) is 17.4 Å². The molecule has 1 heterocycles. The zero-order valence-corrected chi connectivity index (χ0v) is 15.4. The third kappa shape index (κ3) is 4.26. The average molecular weight is 370 g/mol. The van der Waals surface area contributed by atoms with Crippen LogP contribution in [-0.4, -0.2) is 17.5 Å². The lowest BCUT2D eigenvalue weighted by Crippen LogP contribution is -2.12. The normalized spacial score (nSPS) is 10.6. The summed E-state index contributed by atoms with van der Waals surface area (Å²) in [5, 5.41) is 4.89. The van der Waals surface area contributed by atoms with Crippen molar-refractivity contribution in [2.24, 2.45) is 0 Å². The largest absolute Gasteiger partial charge is 0.494 e. The van der Waals surface area contributed by atoms with Gasteiger partial charge in [-0.25, -0.2) is 9.37 Å². The zero-order chi connectivity index (χ0) is 18.5. The standard InChI is InChI=1S/C20H19FN2O2S/c1-3-9-25-15-7-8-16(17(21)11-15)20-23-18(12-26-20)19(24)22-14-6-4-5-13(2)10-14/h4-8,10-12H,3,9H2,1-2H3,(H,22,24). The Kier molecular flexibility index (Phi) is 5.63. The number of rotatable bonds is 6. The van der Waals surface area contributed by atoms with Crippen molar-refractivity contribution in [2.45, 2.75) is 20.3 Å². The van der Waals surface area contributed by atoms with Crippen molar-refractivity contribution in [1.29, 1.82) is 0 Å². The fourth-order valence-electron chi connectivity index (χ4n) is 2.40. The molecule has 0 aliphatic carbocycles. The summed E-state index contributed by atoms with van der Waals surface area (Å²) in [5.41, 5.74) is 2.37. The number of halogens is 1. The van der Waals surface area contributed by atoms with Crippen molar-refractivity contribution >= 4 is 22.9 Å². The molecule has 3 rings (SSSR count). The Labute approximate surface area is 155 Å². The van der Waals surface area contributed by atoms with Crippen molar-refractivity contribution in [3.8, 4) is 16.3 Å². The summed E-state index contributed by atoms with van der Waals surface area (Å²) >= 11 is 1.23. The van der Waals surface area contributed by atoms with Crippen molar-refractivity contribution in [2.75, 3.05) is 11.9 Å². The SMILES string of the molecule is CCCOc1ccc(-c2nc(C(=O)Nc3cccc(C)c3)cs2)c(F)c1. The Morgan fingerprint density at radius 1 is 1.27 bits per heavy atom. The highest BCUT2D eigenvalue weighted by molar-refractivity contribution is 7.13. The van der Waals surface area contributed by atoms with E-state index >= 15 is 0 Å².